The molecule has 32 heavy (non-hydrogen) atoms. The monoisotopic (exact) mass is 430 g/mol. The second-order valence-electron chi connectivity index (χ2n) is 9.58. The fraction of sp³-hybridized carbons (Fsp3) is 0.481. The summed E-state index contributed by atoms with van der Waals surface area (Å²) in [6.07, 6.45) is 7.68. The van der Waals surface area contributed by atoms with E-state index in [0.717, 1.165) is 48.0 Å². The van der Waals surface area contributed by atoms with Crippen LogP contribution >= 0.6 is 0 Å². The number of likely N-dealkylation sites (tertiary alicyclic amines) is 1. The molecule has 1 saturated heterocycles. The molecular weight excluding hydrogens is 396 g/mol. The SMILES string of the molecule is Cc1nc2ccccc2n1Cc1ccc(C(=O)N(C)C2CCCN(C3CCCC3)C2)cc1. The maximum atomic E-state index is 13.2. The van der Waals surface area contributed by atoms with Gasteiger partial charge in [0.05, 0.1) is 11.0 Å². The molecule has 2 heterocycles. The summed E-state index contributed by atoms with van der Waals surface area (Å²) in [5, 5.41) is 0. The lowest BCUT2D eigenvalue weighted by Crippen LogP contribution is -2.51. The number of benzene rings is 2. The number of carbonyl (C=O) groups excluding carboxylic acids is 1. The number of rotatable bonds is 5. The Balaban J connectivity index is 1.26. The van der Waals surface area contributed by atoms with Crippen molar-refractivity contribution in [3.05, 3.63) is 65.5 Å². The number of nitrogens with zero attached hydrogens (tertiary/aromatic N) is 4. The third-order valence-electron chi connectivity index (χ3n) is 7.52. The van der Waals surface area contributed by atoms with Gasteiger partial charge in [0.1, 0.15) is 5.82 Å². The average molecular weight is 431 g/mol. The van der Waals surface area contributed by atoms with E-state index in [0.29, 0.717) is 6.04 Å². The number of amides is 1. The summed E-state index contributed by atoms with van der Waals surface area (Å²) in [5.41, 5.74) is 4.13. The van der Waals surface area contributed by atoms with Gasteiger partial charge >= 0.3 is 0 Å². The first-order valence-electron chi connectivity index (χ1n) is 12.1. The molecule has 5 nitrogen and oxygen atoms in total. The normalized spacial score (nSPS) is 20.1. The lowest BCUT2D eigenvalue weighted by atomic mass is 10.0. The lowest BCUT2D eigenvalue weighted by Gasteiger charge is -2.40. The van der Waals surface area contributed by atoms with Crippen LogP contribution in [0.3, 0.4) is 0 Å². The molecule has 1 atom stereocenters. The van der Waals surface area contributed by atoms with Gasteiger partial charge in [0, 0.05) is 37.8 Å². The van der Waals surface area contributed by atoms with Gasteiger partial charge in [-0.3, -0.25) is 9.69 Å². The van der Waals surface area contributed by atoms with Crippen molar-refractivity contribution in [2.45, 2.75) is 64.1 Å². The zero-order chi connectivity index (χ0) is 22.1. The third-order valence-corrected chi connectivity index (χ3v) is 7.52. The first kappa shape index (κ1) is 21.2. The number of likely N-dealkylation sites (N-methyl/N-ethyl adjacent to an activating group) is 1. The molecule has 168 valence electrons. The molecule has 0 N–H and O–H groups in total. The van der Waals surface area contributed by atoms with E-state index in [2.05, 4.69) is 44.8 Å². The number of hydrogen-bond donors (Lipinski definition) is 0. The second kappa shape index (κ2) is 9.07. The fourth-order valence-electron chi connectivity index (χ4n) is 5.60. The van der Waals surface area contributed by atoms with Crippen LogP contribution < -0.4 is 0 Å². The molecule has 1 unspecified atom stereocenters. The predicted molar refractivity (Wildman–Crippen MR) is 129 cm³/mol. The molecular formula is C27H34N4O. The Kier molecular flexibility index (Phi) is 6.01. The minimum atomic E-state index is 0.138. The summed E-state index contributed by atoms with van der Waals surface area (Å²) in [5.74, 6) is 1.15. The number of aryl methyl sites for hydroxylation is 1. The predicted octanol–water partition coefficient (Wildman–Crippen LogP) is 4.87. The topological polar surface area (TPSA) is 41.4 Å². The Hall–Kier alpha value is -2.66. The molecule has 5 rings (SSSR count). The molecule has 5 heteroatoms. The lowest BCUT2D eigenvalue weighted by molar-refractivity contribution is 0.0552. The van der Waals surface area contributed by atoms with Crippen molar-refractivity contribution in [3.63, 3.8) is 0 Å². The number of imidazole rings is 1. The maximum Gasteiger partial charge on any atom is 0.253 e. The summed E-state index contributed by atoms with van der Waals surface area (Å²) >= 11 is 0. The van der Waals surface area contributed by atoms with E-state index >= 15 is 0 Å². The molecule has 1 amide bonds. The van der Waals surface area contributed by atoms with Gasteiger partial charge in [-0.25, -0.2) is 4.98 Å². The minimum absolute atomic E-state index is 0.138. The van der Waals surface area contributed by atoms with E-state index in [4.69, 9.17) is 0 Å². The van der Waals surface area contributed by atoms with Crippen LogP contribution in [0.5, 0.6) is 0 Å². The van der Waals surface area contributed by atoms with Crippen LogP contribution in [0.25, 0.3) is 11.0 Å². The smallest absolute Gasteiger partial charge is 0.253 e. The number of fused-ring (bicyclic) bond motifs is 1. The van der Waals surface area contributed by atoms with Crippen LogP contribution in [0, 0.1) is 6.92 Å². The quantitative estimate of drug-likeness (QED) is 0.580. The number of aromatic nitrogens is 2. The van der Waals surface area contributed by atoms with E-state index in [9.17, 15) is 4.79 Å². The summed E-state index contributed by atoms with van der Waals surface area (Å²) in [6, 6.07) is 17.4. The third kappa shape index (κ3) is 4.18. The molecule has 1 aromatic heterocycles. The van der Waals surface area contributed by atoms with E-state index in [1.165, 1.54) is 44.2 Å². The van der Waals surface area contributed by atoms with Crippen molar-refractivity contribution in [2.24, 2.45) is 0 Å². The van der Waals surface area contributed by atoms with Crippen LogP contribution in [0.2, 0.25) is 0 Å². The van der Waals surface area contributed by atoms with Crippen LogP contribution in [0.1, 0.15) is 60.3 Å². The Morgan fingerprint density at radius 1 is 1.03 bits per heavy atom. The van der Waals surface area contributed by atoms with Crippen molar-refractivity contribution < 1.29 is 4.79 Å². The van der Waals surface area contributed by atoms with Gasteiger partial charge < -0.3 is 9.47 Å². The van der Waals surface area contributed by atoms with Gasteiger partial charge in [-0.15, -0.1) is 0 Å². The molecule has 2 aliphatic rings. The fourth-order valence-corrected chi connectivity index (χ4v) is 5.60. The largest absolute Gasteiger partial charge is 0.337 e. The highest BCUT2D eigenvalue weighted by molar-refractivity contribution is 5.94. The van der Waals surface area contributed by atoms with E-state index in [-0.39, 0.29) is 5.91 Å². The Bertz CT molecular complexity index is 1080. The standard InChI is InChI=1S/C27H34N4O/c1-20-28-25-11-5-6-12-26(25)31(20)18-21-13-15-22(16-14-21)27(32)29(2)24-10-7-17-30(19-24)23-8-3-4-9-23/h5-6,11-16,23-24H,3-4,7-10,17-19H2,1-2H3. The van der Waals surface area contributed by atoms with Crippen LogP contribution in [0.4, 0.5) is 0 Å². The number of hydrogen-bond acceptors (Lipinski definition) is 3. The first-order chi connectivity index (χ1) is 15.6. The van der Waals surface area contributed by atoms with Gasteiger partial charge in [-0.2, -0.15) is 0 Å². The molecule has 1 aliphatic heterocycles. The van der Waals surface area contributed by atoms with Gasteiger partial charge in [-0.1, -0.05) is 37.1 Å². The Morgan fingerprint density at radius 3 is 2.56 bits per heavy atom. The highest BCUT2D eigenvalue weighted by Gasteiger charge is 2.31. The molecule has 3 aromatic rings. The van der Waals surface area contributed by atoms with Gasteiger partial charge in [-0.05, 0) is 69.0 Å². The maximum absolute atomic E-state index is 13.2. The van der Waals surface area contributed by atoms with Gasteiger partial charge in [0.2, 0.25) is 0 Å². The molecule has 0 bridgehead atoms. The average Bonchev–Trinajstić information content (AvgIpc) is 3.47. The van der Waals surface area contributed by atoms with Crippen molar-refractivity contribution in [1.82, 2.24) is 19.4 Å². The molecule has 0 spiro atoms. The Labute approximate surface area is 191 Å². The minimum Gasteiger partial charge on any atom is -0.337 e. The van der Waals surface area contributed by atoms with E-state index in [1.807, 2.05) is 37.1 Å². The van der Waals surface area contributed by atoms with Crippen LogP contribution in [0.15, 0.2) is 48.5 Å². The van der Waals surface area contributed by atoms with Crippen molar-refractivity contribution in [1.29, 1.82) is 0 Å². The van der Waals surface area contributed by atoms with E-state index in [1.54, 1.807) is 0 Å². The van der Waals surface area contributed by atoms with E-state index < -0.39 is 0 Å². The summed E-state index contributed by atoms with van der Waals surface area (Å²) < 4.78 is 2.23. The summed E-state index contributed by atoms with van der Waals surface area (Å²) in [6.45, 7) is 5.03. The number of carbonyl (C=O) groups is 1. The Morgan fingerprint density at radius 2 is 1.78 bits per heavy atom. The molecule has 1 aliphatic carbocycles. The molecule has 0 radical (unpaired) electrons. The van der Waals surface area contributed by atoms with Crippen LogP contribution in [-0.2, 0) is 6.54 Å². The van der Waals surface area contributed by atoms with Gasteiger partial charge in [0.25, 0.3) is 5.91 Å². The van der Waals surface area contributed by atoms with Crippen molar-refractivity contribution in [2.75, 3.05) is 20.1 Å². The summed E-state index contributed by atoms with van der Waals surface area (Å²) in [4.78, 5) is 22.5. The highest BCUT2D eigenvalue weighted by atomic mass is 16.2. The summed E-state index contributed by atoms with van der Waals surface area (Å²) in [7, 11) is 1.99. The van der Waals surface area contributed by atoms with Crippen molar-refractivity contribution >= 4 is 16.9 Å². The first-order valence-corrected chi connectivity index (χ1v) is 12.1. The van der Waals surface area contributed by atoms with Gasteiger partial charge in [0.15, 0.2) is 0 Å². The molecule has 2 aromatic carbocycles. The molecule has 2 fully saturated rings. The second-order valence-corrected chi connectivity index (χ2v) is 9.58. The zero-order valence-electron chi connectivity index (χ0n) is 19.3. The van der Waals surface area contributed by atoms with Crippen LogP contribution in [-0.4, -0.2) is 57.5 Å². The number of piperidine rings is 1. The highest BCUT2D eigenvalue weighted by Crippen LogP contribution is 2.27. The molecule has 1 saturated carbocycles. The van der Waals surface area contributed by atoms with Crippen molar-refractivity contribution in [3.8, 4) is 0 Å². The zero-order valence-corrected chi connectivity index (χ0v) is 19.3. The number of para-hydroxylation sites is 2.